The Morgan fingerprint density at radius 2 is 1.68 bits per heavy atom. The fourth-order valence-corrected chi connectivity index (χ4v) is 4.42. The van der Waals surface area contributed by atoms with Crippen molar-refractivity contribution in [3.8, 4) is 0 Å². The van der Waals surface area contributed by atoms with E-state index in [4.69, 9.17) is 11.6 Å². The zero-order chi connectivity index (χ0) is 22.0. The number of aryl methyl sites for hydroxylation is 3. The maximum absolute atomic E-state index is 13.5. The third-order valence-electron chi connectivity index (χ3n) is 5.74. The van der Waals surface area contributed by atoms with E-state index in [-0.39, 0.29) is 11.8 Å². The van der Waals surface area contributed by atoms with Gasteiger partial charge in [0.15, 0.2) is 0 Å². The number of alkyl halides is 1. The number of carbonyl (C=O) groups excluding carboxylic acids is 2. The van der Waals surface area contributed by atoms with Crippen molar-refractivity contribution in [2.75, 3.05) is 10.2 Å². The third kappa shape index (κ3) is 4.35. The molecule has 0 spiro atoms. The topological polar surface area (TPSA) is 49.4 Å². The van der Waals surface area contributed by atoms with Crippen molar-refractivity contribution in [2.45, 2.75) is 38.6 Å². The van der Waals surface area contributed by atoms with Gasteiger partial charge in [0, 0.05) is 22.5 Å². The minimum Gasteiger partial charge on any atom is -0.322 e. The van der Waals surface area contributed by atoms with Crippen LogP contribution in [-0.4, -0.2) is 17.3 Å². The van der Waals surface area contributed by atoms with Crippen molar-refractivity contribution in [3.05, 3.63) is 94.5 Å². The quantitative estimate of drug-likeness (QED) is 0.401. The van der Waals surface area contributed by atoms with Gasteiger partial charge in [-0.3, -0.25) is 14.5 Å². The Labute approximate surface area is 187 Å². The number of amides is 2. The summed E-state index contributed by atoms with van der Waals surface area (Å²) in [6, 6.07) is 20.8. The fraction of sp³-hybridized carbons (Fsp3) is 0.231. The lowest BCUT2D eigenvalue weighted by Gasteiger charge is -2.28. The predicted octanol–water partition coefficient (Wildman–Crippen LogP) is 6.10. The molecule has 1 heterocycles. The average Bonchev–Trinajstić information content (AvgIpc) is 2.91. The van der Waals surface area contributed by atoms with Crippen LogP contribution in [0.5, 0.6) is 0 Å². The van der Waals surface area contributed by atoms with Gasteiger partial charge in [-0.1, -0.05) is 48.0 Å². The number of benzene rings is 3. The minimum atomic E-state index is -0.393. The van der Waals surface area contributed by atoms with Gasteiger partial charge in [-0.2, -0.15) is 0 Å². The van der Waals surface area contributed by atoms with Crippen LogP contribution < -0.4 is 10.2 Å². The number of nitrogens with zero attached hydrogens (tertiary/aromatic N) is 1. The van der Waals surface area contributed by atoms with Crippen LogP contribution in [0.2, 0.25) is 0 Å². The first kappa shape index (κ1) is 21.1. The standard InChI is InChI=1S/C26H25ClN2O2/c1-17-8-3-5-11-21(17)25(30)28-20-14-15-22(18(2)16-20)26(31)29-23-12-6-4-9-19(23)10-7-13-24(29)27/h3-6,8-9,11-12,14-16,24H,7,10,13H2,1-2H3,(H,28,30). The molecule has 0 saturated heterocycles. The van der Waals surface area contributed by atoms with Crippen LogP contribution in [-0.2, 0) is 6.42 Å². The molecular formula is C26H25ClN2O2. The minimum absolute atomic E-state index is 0.122. The summed E-state index contributed by atoms with van der Waals surface area (Å²) in [6.07, 6.45) is 2.59. The van der Waals surface area contributed by atoms with Crippen molar-refractivity contribution in [1.82, 2.24) is 0 Å². The molecule has 4 nitrogen and oxygen atoms in total. The third-order valence-corrected chi connectivity index (χ3v) is 6.16. The molecule has 0 aliphatic carbocycles. The Balaban J connectivity index is 1.60. The van der Waals surface area contributed by atoms with Crippen LogP contribution >= 0.6 is 11.6 Å². The van der Waals surface area contributed by atoms with E-state index >= 15 is 0 Å². The second-order valence-corrected chi connectivity index (χ2v) is 8.43. The summed E-state index contributed by atoms with van der Waals surface area (Å²) in [5, 5.41) is 2.93. The predicted molar refractivity (Wildman–Crippen MR) is 126 cm³/mol. The van der Waals surface area contributed by atoms with Gasteiger partial charge in [0.05, 0.1) is 0 Å². The molecule has 0 bridgehead atoms. The summed E-state index contributed by atoms with van der Waals surface area (Å²) in [5.74, 6) is -0.289. The number of rotatable bonds is 3. The number of fused-ring (bicyclic) bond motifs is 1. The smallest absolute Gasteiger partial charge is 0.259 e. The highest BCUT2D eigenvalue weighted by molar-refractivity contribution is 6.26. The number of hydrogen-bond acceptors (Lipinski definition) is 2. The largest absolute Gasteiger partial charge is 0.322 e. The molecule has 158 valence electrons. The number of carbonyl (C=O) groups is 2. The van der Waals surface area contributed by atoms with Crippen molar-refractivity contribution < 1.29 is 9.59 Å². The average molecular weight is 433 g/mol. The van der Waals surface area contributed by atoms with Gasteiger partial charge in [-0.25, -0.2) is 0 Å². The van der Waals surface area contributed by atoms with Gasteiger partial charge in [-0.05, 0) is 80.1 Å². The van der Waals surface area contributed by atoms with E-state index in [0.29, 0.717) is 16.8 Å². The van der Waals surface area contributed by atoms with E-state index < -0.39 is 5.50 Å². The van der Waals surface area contributed by atoms with E-state index in [9.17, 15) is 9.59 Å². The second kappa shape index (κ2) is 8.94. The molecule has 31 heavy (non-hydrogen) atoms. The van der Waals surface area contributed by atoms with Crippen LogP contribution in [0.4, 0.5) is 11.4 Å². The van der Waals surface area contributed by atoms with Crippen LogP contribution in [0, 0.1) is 13.8 Å². The Bertz CT molecular complexity index is 1140. The monoisotopic (exact) mass is 432 g/mol. The first-order valence-corrected chi connectivity index (χ1v) is 10.9. The summed E-state index contributed by atoms with van der Waals surface area (Å²) < 4.78 is 0. The number of nitrogens with one attached hydrogen (secondary N) is 1. The van der Waals surface area contributed by atoms with Crippen molar-refractivity contribution in [1.29, 1.82) is 0 Å². The summed E-state index contributed by atoms with van der Waals surface area (Å²) in [7, 11) is 0. The van der Waals surface area contributed by atoms with E-state index in [1.165, 1.54) is 0 Å². The number of hydrogen-bond donors (Lipinski definition) is 1. The molecule has 4 rings (SSSR count). The van der Waals surface area contributed by atoms with Gasteiger partial charge in [-0.15, -0.1) is 0 Å². The molecule has 0 fully saturated rings. The Hall–Kier alpha value is -3.11. The Kier molecular flexibility index (Phi) is 6.10. The van der Waals surface area contributed by atoms with E-state index in [1.54, 1.807) is 23.1 Å². The summed E-state index contributed by atoms with van der Waals surface area (Å²) in [4.78, 5) is 27.8. The van der Waals surface area contributed by atoms with Gasteiger partial charge in [0.2, 0.25) is 0 Å². The zero-order valence-electron chi connectivity index (χ0n) is 17.7. The molecule has 0 aromatic heterocycles. The van der Waals surface area contributed by atoms with Crippen molar-refractivity contribution >= 4 is 34.8 Å². The highest BCUT2D eigenvalue weighted by Gasteiger charge is 2.29. The van der Waals surface area contributed by atoms with Gasteiger partial charge >= 0.3 is 0 Å². The number of halogens is 1. The van der Waals surface area contributed by atoms with E-state index in [0.717, 1.165) is 41.6 Å². The fourth-order valence-electron chi connectivity index (χ4n) is 4.07. The van der Waals surface area contributed by atoms with Gasteiger partial charge in [0.1, 0.15) is 5.50 Å². The summed E-state index contributed by atoms with van der Waals surface area (Å²) in [5.41, 5.74) is 5.19. The van der Waals surface area contributed by atoms with Crippen LogP contribution in [0.3, 0.4) is 0 Å². The molecule has 0 radical (unpaired) electrons. The van der Waals surface area contributed by atoms with Gasteiger partial charge < -0.3 is 5.32 Å². The molecule has 5 heteroatoms. The Morgan fingerprint density at radius 3 is 2.45 bits per heavy atom. The van der Waals surface area contributed by atoms with E-state index in [1.807, 2.05) is 56.3 Å². The SMILES string of the molecule is Cc1ccccc1C(=O)Nc1ccc(C(=O)N2c3ccccc3CCCC2Cl)c(C)c1. The van der Waals surface area contributed by atoms with Crippen LogP contribution in [0.15, 0.2) is 66.7 Å². The van der Waals surface area contributed by atoms with Gasteiger partial charge in [0.25, 0.3) is 11.8 Å². The van der Waals surface area contributed by atoms with Crippen LogP contribution in [0.1, 0.15) is 50.2 Å². The summed E-state index contributed by atoms with van der Waals surface area (Å²) in [6.45, 7) is 3.78. The lowest BCUT2D eigenvalue weighted by molar-refractivity contribution is 0.0981. The molecule has 1 unspecified atom stereocenters. The number of anilines is 2. The molecular weight excluding hydrogens is 408 g/mol. The van der Waals surface area contributed by atoms with Crippen molar-refractivity contribution in [3.63, 3.8) is 0 Å². The first-order chi connectivity index (χ1) is 15.0. The van der Waals surface area contributed by atoms with Crippen molar-refractivity contribution in [2.24, 2.45) is 0 Å². The molecule has 0 saturated carbocycles. The normalized spacial score (nSPS) is 15.7. The molecule has 1 N–H and O–H groups in total. The second-order valence-electron chi connectivity index (χ2n) is 7.93. The lowest BCUT2D eigenvalue weighted by Crippen LogP contribution is -2.37. The number of para-hydroxylation sites is 1. The maximum atomic E-state index is 13.5. The van der Waals surface area contributed by atoms with Crippen LogP contribution in [0.25, 0.3) is 0 Å². The lowest BCUT2D eigenvalue weighted by atomic mass is 10.0. The Morgan fingerprint density at radius 1 is 0.935 bits per heavy atom. The van der Waals surface area contributed by atoms with E-state index in [2.05, 4.69) is 11.4 Å². The molecule has 3 aromatic carbocycles. The molecule has 2 amide bonds. The molecule has 1 atom stereocenters. The molecule has 1 aliphatic rings. The first-order valence-electron chi connectivity index (χ1n) is 10.5. The summed E-state index contributed by atoms with van der Waals surface area (Å²) >= 11 is 6.64. The highest BCUT2D eigenvalue weighted by atomic mass is 35.5. The molecule has 1 aliphatic heterocycles. The maximum Gasteiger partial charge on any atom is 0.259 e. The zero-order valence-corrected chi connectivity index (χ0v) is 18.4. The molecule has 3 aromatic rings. The highest BCUT2D eigenvalue weighted by Crippen LogP contribution is 2.33.